The van der Waals surface area contributed by atoms with Crippen molar-refractivity contribution in [2.45, 2.75) is 39.2 Å². The molecule has 1 aliphatic heterocycles. The Balaban J connectivity index is 1.80. The summed E-state index contributed by atoms with van der Waals surface area (Å²) >= 11 is 0. The molecule has 0 aliphatic carbocycles. The van der Waals surface area contributed by atoms with Crippen molar-refractivity contribution < 1.29 is 4.79 Å². The SMILES string of the molecule is CCc1cccc(NC(=O)CN2CCC(C(C)N)CC2)c1. The Morgan fingerprint density at radius 2 is 2.14 bits per heavy atom. The van der Waals surface area contributed by atoms with Gasteiger partial charge in [-0.2, -0.15) is 0 Å². The summed E-state index contributed by atoms with van der Waals surface area (Å²) in [5.41, 5.74) is 8.08. The van der Waals surface area contributed by atoms with Crippen molar-refractivity contribution in [3.8, 4) is 0 Å². The molecule has 1 aromatic carbocycles. The summed E-state index contributed by atoms with van der Waals surface area (Å²) in [7, 11) is 0. The lowest BCUT2D eigenvalue weighted by molar-refractivity contribution is -0.117. The Kier molecular flexibility index (Phi) is 5.76. The molecule has 0 bridgehead atoms. The monoisotopic (exact) mass is 289 g/mol. The molecular formula is C17H27N3O. The van der Waals surface area contributed by atoms with Gasteiger partial charge in [-0.25, -0.2) is 0 Å². The zero-order valence-corrected chi connectivity index (χ0v) is 13.1. The number of carbonyl (C=O) groups is 1. The van der Waals surface area contributed by atoms with Crippen LogP contribution < -0.4 is 11.1 Å². The van der Waals surface area contributed by atoms with Gasteiger partial charge in [-0.15, -0.1) is 0 Å². The number of hydrogen-bond donors (Lipinski definition) is 2. The second-order valence-electron chi connectivity index (χ2n) is 6.07. The summed E-state index contributed by atoms with van der Waals surface area (Å²) in [6, 6.07) is 8.31. The van der Waals surface area contributed by atoms with Crippen LogP contribution in [0.2, 0.25) is 0 Å². The maximum atomic E-state index is 12.1. The summed E-state index contributed by atoms with van der Waals surface area (Å²) in [5.74, 6) is 0.674. The van der Waals surface area contributed by atoms with Gasteiger partial charge < -0.3 is 11.1 Å². The molecule has 0 aromatic heterocycles. The highest BCUT2D eigenvalue weighted by Crippen LogP contribution is 2.19. The Labute approximate surface area is 127 Å². The van der Waals surface area contributed by atoms with E-state index in [1.165, 1.54) is 5.56 Å². The molecule has 1 heterocycles. The first-order valence-electron chi connectivity index (χ1n) is 7.95. The smallest absolute Gasteiger partial charge is 0.238 e. The third-order valence-corrected chi connectivity index (χ3v) is 4.36. The van der Waals surface area contributed by atoms with Crippen LogP contribution in [0.15, 0.2) is 24.3 Å². The number of benzene rings is 1. The lowest BCUT2D eigenvalue weighted by Gasteiger charge is -2.33. The van der Waals surface area contributed by atoms with E-state index in [4.69, 9.17) is 5.73 Å². The molecule has 1 aliphatic rings. The lowest BCUT2D eigenvalue weighted by atomic mass is 9.91. The highest BCUT2D eigenvalue weighted by atomic mass is 16.2. The summed E-state index contributed by atoms with van der Waals surface area (Å²) in [6.45, 7) is 6.60. The summed E-state index contributed by atoms with van der Waals surface area (Å²) in [5, 5.41) is 2.99. The average molecular weight is 289 g/mol. The Morgan fingerprint density at radius 3 is 2.76 bits per heavy atom. The molecule has 1 saturated heterocycles. The van der Waals surface area contributed by atoms with Crippen LogP contribution in [-0.4, -0.2) is 36.5 Å². The fraction of sp³-hybridized carbons (Fsp3) is 0.588. The topological polar surface area (TPSA) is 58.4 Å². The van der Waals surface area contributed by atoms with E-state index in [0.29, 0.717) is 12.5 Å². The summed E-state index contributed by atoms with van der Waals surface area (Å²) < 4.78 is 0. The van der Waals surface area contributed by atoms with Gasteiger partial charge in [0.1, 0.15) is 0 Å². The van der Waals surface area contributed by atoms with Crippen LogP contribution in [0, 0.1) is 5.92 Å². The van der Waals surface area contributed by atoms with Crippen LogP contribution >= 0.6 is 0 Å². The molecule has 1 atom stereocenters. The molecular weight excluding hydrogens is 262 g/mol. The van der Waals surface area contributed by atoms with Gasteiger partial charge in [0.15, 0.2) is 0 Å². The van der Waals surface area contributed by atoms with Crippen LogP contribution in [0.3, 0.4) is 0 Å². The molecule has 0 saturated carbocycles. The van der Waals surface area contributed by atoms with Crippen molar-refractivity contribution in [2.75, 3.05) is 25.0 Å². The van der Waals surface area contributed by atoms with E-state index >= 15 is 0 Å². The van der Waals surface area contributed by atoms with Gasteiger partial charge in [0.2, 0.25) is 5.91 Å². The quantitative estimate of drug-likeness (QED) is 0.874. The van der Waals surface area contributed by atoms with Crippen molar-refractivity contribution >= 4 is 11.6 Å². The van der Waals surface area contributed by atoms with Crippen LogP contribution in [0.25, 0.3) is 0 Å². The van der Waals surface area contributed by atoms with Gasteiger partial charge in [-0.05, 0) is 62.9 Å². The van der Waals surface area contributed by atoms with Crippen LogP contribution in [0.4, 0.5) is 5.69 Å². The molecule has 0 radical (unpaired) electrons. The fourth-order valence-electron chi connectivity index (χ4n) is 2.91. The molecule has 2 rings (SSSR count). The third-order valence-electron chi connectivity index (χ3n) is 4.36. The number of amides is 1. The highest BCUT2D eigenvalue weighted by molar-refractivity contribution is 5.92. The first-order chi connectivity index (χ1) is 10.1. The molecule has 4 heteroatoms. The van der Waals surface area contributed by atoms with Crippen LogP contribution in [0.1, 0.15) is 32.3 Å². The molecule has 116 valence electrons. The van der Waals surface area contributed by atoms with Gasteiger partial charge in [0.05, 0.1) is 6.54 Å². The van der Waals surface area contributed by atoms with E-state index in [-0.39, 0.29) is 11.9 Å². The minimum absolute atomic E-state index is 0.0718. The largest absolute Gasteiger partial charge is 0.328 e. The molecule has 0 spiro atoms. The van der Waals surface area contributed by atoms with Crippen molar-refractivity contribution in [3.63, 3.8) is 0 Å². The molecule has 1 aromatic rings. The Hall–Kier alpha value is -1.39. The van der Waals surface area contributed by atoms with E-state index < -0.39 is 0 Å². The van der Waals surface area contributed by atoms with E-state index in [1.54, 1.807) is 0 Å². The second-order valence-corrected chi connectivity index (χ2v) is 6.07. The predicted molar refractivity (Wildman–Crippen MR) is 87.3 cm³/mol. The number of likely N-dealkylation sites (tertiary alicyclic amines) is 1. The number of nitrogens with zero attached hydrogens (tertiary/aromatic N) is 1. The van der Waals surface area contributed by atoms with Gasteiger partial charge in [-0.3, -0.25) is 9.69 Å². The Bertz CT molecular complexity index is 465. The summed E-state index contributed by atoms with van der Waals surface area (Å²) in [6.07, 6.45) is 3.17. The highest BCUT2D eigenvalue weighted by Gasteiger charge is 2.22. The minimum atomic E-state index is 0.0718. The minimum Gasteiger partial charge on any atom is -0.328 e. The van der Waals surface area contributed by atoms with Crippen LogP contribution in [0.5, 0.6) is 0 Å². The number of nitrogens with one attached hydrogen (secondary N) is 1. The number of nitrogens with two attached hydrogens (primary N) is 1. The maximum absolute atomic E-state index is 12.1. The summed E-state index contributed by atoms with van der Waals surface area (Å²) in [4.78, 5) is 14.3. The molecule has 1 fully saturated rings. The number of piperidine rings is 1. The van der Waals surface area contributed by atoms with Gasteiger partial charge in [-0.1, -0.05) is 19.1 Å². The van der Waals surface area contributed by atoms with Gasteiger partial charge in [0.25, 0.3) is 0 Å². The molecule has 4 nitrogen and oxygen atoms in total. The lowest BCUT2D eigenvalue weighted by Crippen LogP contribution is -2.42. The van der Waals surface area contributed by atoms with E-state index in [0.717, 1.165) is 38.0 Å². The standard InChI is InChI=1S/C17H27N3O/c1-3-14-5-4-6-16(11-14)19-17(21)12-20-9-7-15(8-10-20)13(2)18/h4-6,11,13,15H,3,7-10,12,18H2,1-2H3,(H,19,21). The normalized spacial score (nSPS) is 18.4. The zero-order valence-electron chi connectivity index (χ0n) is 13.1. The number of anilines is 1. The zero-order chi connectivity index (χ0) is 15.2. The van der Waals surface area contributed by atoms with Crippen molar-refractivity contribution in [1.29, 1.82) is 0 Å². The first-order valence-corrected chi connectivity index (χ1v) is 7.95. The van der Waals surface area contributed by atoms with Crippen molar-refractivity contribution in [3.05, 3.63) is 29.8 Å². The van der Waals surface area contributed by atoms with E-state index in [9.17, 15) is 4.79 Å². The van der Waals surface area contributed by atoms with E-state index in [2.05, 4.69) is 30.1 Å². The molecule has 1 amide bonds. The number of rotatable bonds is 5. The molecule has 3 N–H and O–H groups in total. The number of carbonyl (C=O) groups excluding carboxylic acids is 1. The average Bonchev–Trinajstić information content (AvgIpc) is 2.47. The fourth-order valence-corrected chi connectivity index (χ4v) is 2.91. The number of hydrogen-bond acceptors (Lipinski definition) is 3. The van der Waals surface area contributed by atoms with Gasteiger partial charge >= 0.3 is 0 Å². The maximum Gasteiger partial charge on any atom is 0.238 e. The first kappa shape index (κ1) is 16.0. The van der Waals surface area contributed by atoms with Crippen molar-refractivity contribution in [2.24, 2.45) is 11.7 Å². The number of aryl methyl sites for hydroxylation is 1. The van der Waals surface area contributed by atoms with Gasteiger partial charge in [0, 0.05) is 11.7 Å². The third kappa shape index (κ3) is 4.83. The second kappa shape index (κ2) is 7.57. The van der Waals surface area contributed by atoms with Crippen LogP contribution in [-0.2, 0) is 11.2 Å². The molecule has 21 heavy (non-hydrogen) atoms. The molecule has 1 unspecified atom stereocenters. The Morgan fingerprint density at radius 1 is 1.43 bits per heavy atom. The van der Waals surface area contributed by atoms with E-state index in [1.807, 2.05) is 18.2 Å². The van der Waals surface area contributed by atoms with Crippen molar-refractivity contribution in [1.82, 2.24) is 4.90 Å². The predicted octanol–water partition coefficient (Wildman–Crippen LogP) is 2.25.